The molecule has 2 spiro atoms. The first kappa shape index (κ1) is 13.8. The van der Waals surface area contributed by atoms with E-state index < -0.39 is 0 Å². The van der Waals surface area contributed by atoms with E-state index in [9.17, 15) is 4.79 Å². The number of carbonyl (C=O) groups excluding carboxylic acids is 1. The Hall–Kier alpha value is -0.810. The number of nitrogens with zero attached hydrogens (tertiary/aromatic N) is 1. The topological polar surface area (TPSA) is 50.8 Å². The predicted molar refractivity (Wildman–Crippen MR) is 78.1 cm³/mol. The summed E-state index contributed by atoms with van der Waals surface area (Å²) in [5.74, 6) is 0. The van der Waals surface area contributed by atoms with E-state index in [1.165, 1.54) is 12.8 Å². The van der Waals surface area contributed by atoms with Crippen LogP contribution in [0.5, 0.6) is 0 Å². The molecule has 5 heteroatoms. The molecule has 1 saturated carbocycles. The third-order valence-corrected chi connectivity index (χ3v) is 6.12. The molecule has 1 N–H and O–H groups in total. The fourth-order valence-electron chi connectivity index (χ4n) is 4.18. The Morgan fingerprint density at radius 3 is 1.90 bits per heavy atom. The first-order valence-electron chi connectivity index (χ1n) is 8.40. The van der Waals surface area contributed by atoms with Gasteiger partial charge in [0.2, 0.25) is 0 Å². The average Bonchev–Trinajstić information content (AvgIpc) is 2.45. The van der Waals surface area contributed by atoms with Crippen molar-refractivity contribution in [2.45, 2.75) is 44.6 Å². The van der Waals surface area contributed by atoms with Gasteiger partial charge in [0.25, 0.3) is 0 Å². The van der Waals surface area contributed by atoms with E-state index in [1.807, 2.05) is 4.90 Å². The first-order chi connectivity index (χ1) is 10.2. The van der Waals surface area contributed by atoms with E-state index in [2.05, 4.69) is 5.32 Å². The third-order valence-electron chi connectivity index (χ3n) is 6.12. The molecular formula is C16H26N2O3. The van der Waals surface area contributed by atoms with Gasteiger partial charge in [0.1, 0.15) is 0 Å². The van der Waals surface area contributed by atoms with Crippen LogP contribution in [0.15, 0.2) is 0 Å². The predicted octanol–water partition coefficient (Wildman–Crippen LogP) is 1.77. The van der Waals surface area contributed by atoms with Crippen LogP contribution in [0.2, 0.25) is 0 Å². The highest BCUT2D eigenvalue weighted by atomic mass is 16.5. The maximum atomic E-state index is 12.4. The van der Waals surface area contributed by atoms with Gasteiger partial charge in [0, 0.05) is 30.0 Å². The van der Waals surface area contributed by atoms with Gasteiger partial charge in [-0.15, -0.1) is 0 Å². The van der Waals surface area contributed by atoms with Crippen LogP contribution in [0.3, 0.4) is 0 Å². The van der Waals surface area contributed by atoms with Crippen molar-refractivity contribution in [1.82, 2.24) is 10.2 Å². The van der Waals surface area contributed by atoms with Crippen molar-refractivity contribution < 1.29 is 14.3 Å². The number of hydrogen-bond acceptors (Lipinski definition) is 3. The molecular weight excluding hydrogens is 268 g/mol. The van der Waals surface area contributed by atoms with Crippen LogP contribution in [-0.4, -0.2) is 56.5 Å². The molecule has 0 aromatic heterocycles. The number of ether oxygens (including phenoxy) is 2. The Labute approximate surface area is 126 Å². The van der Waals surface area contributed by atoms with Gasteiger partial charge in [-0.05, 0) is 38.5 Å². The highest BCUT2D eigenvalue weighted by molar-refractivity contribution is 5.74. The normalized spacial score (nSPS) is 30.8. The fourth-order valence-corrected chi connectivity index (χ4v) is 4.18. The molecule has 2 amide bonds. The van der Waals surface area contributed by atoms with Crippen molar-refractivity contribution >= 4 is 6.03 Å². The Kier molecular flexibility index (Phi) is 3.38. The van der Waals surface area contributed by atoms with Crippen molar-refractivity contribution in [2.75, 3.05) is 39.5 Å². The molecule has 3 heterocycles. The minimum Gasteiger partial charge on any atom is -0.380 e. The zero-order valence-corrected chi connectivity index (χ0v) is 12.7. The van der Waals surface area contributed by atoms with Crippen LogP contribution < -0.4 is 5.32 Å². The van der Waals surface area contributed by atoms with Gasteiger partial charge in [0.05, 0.1) is 26.4 Å². The molecule has 4 aliphatic rings. The highest BCUT2D eigenvalue weighted by Gasteiger charge is 2.43. The maximum absolute atomic E-state index is 12.4. The summed E-state index contributed by atoms with van der Waals surface area (Å²) in [6.07, 6.45) is 6.84. The minimum atomic E-state index is 0.149. The van der Waals surface area contributed by atoms with Crippen molar-refractivity contribution in [3.63, 3.8) is 0 Å². The van der Waals surface area contributed by atoms with Crippen LogP contribution in [0.1, 0.15) is 38.5 Å². The van der Waals surface area contributed by atoms with Crippen molar-refractivity contribution in [3.05, 3.63) is 0 Å². The molecule has 0 aromatic rings. The molecule has 5 nitrogen and oxygen atoms in total. The number of hydrogen-bond donors (Lipinski definition) is 1. The minimum absolute atomic E-state index is 0.149. The van der Waals surface area contributed by atoms with Gasteiger partial charge in [0.15, 0.2) is 0 Å². The highest BCUT2D eigenvalue weighted by Crippen LogP contribution is 2.42. The second kappa shape index (κ2) is 5.13. The second-order valence-electron chi connectivity index (χ2n) is 7.70. The van der Waals surface area contributed by atoms with Gasteiger partial charge in [-0.25, -0.2) is 4.79 Å². The summed E-state index contributed by atoms with van der Waals surface area (Å²) in [5, 5.41) is 3.25. The molecule has 0 bridgehead atoms. The van der Waals surface area contributed by atoms with Gasteiger partial charge < -0.3 is 19.7 Å². The van der Waals surface area contributed by atoms with Gasteiger partial charge >= 0.3 is 6.03 Å². The van der Waals surface area contributed by atoms with Crippen LogP contribution in [0.25, 0.3) is 0 Å². The van der Waals surface area contributed by atoms with Crippen LogP contribution in [0.4, 0.5) is 4.79 Å². The third kappa shape index (κ3) is 2.55. The molecule has 0 unspecified atom stereocenters. The summed E-state index contributed by atoms with van der Waals surface area (Å²) in [6, 6.07) is 0.516. The van der Waals surface area contributed by atoms with Crippen LogP contribution >= 0.6 is 0 Å². The number of amides is 2. The lowest BCUT2D eigenvalue weighted by Gasteiger charge is -2.48. The Balaban J connectivity index is 1.23. The Morgan fingerprint density at radius 2 is 1.43 bits per heavy atom. The molecule has 0 radical (unpaired) electrons. The smallest absolute Gasteiger partial charge is 0.317 e. The standard InChI is InChI=1S/C16H26N2O3/c19-14(18-7-5-16(6-8-18)11-21-12-16)17-13-1-3-15(4-2-13)9-20-10-15/h13H,1-12H2,(H,17,19). The van der Waals surface area contributed by atoms with E-state index >= 15 is 0 Å². The molecule has 3 saturated heterocycles. The van der Waals surface area contributed by atoms with E-state index in [1.54, 1.807) is 0 Å². The molecule has 0 aromatic carbocycles. The van der Waals surface area contributed by atoms with Crippen LogP contribution in [0, 0.1) is 10.8 Å². The molecule has 4 rings (SSSR count). The molecule has 0 atom stereocenters. The van der Waals surface area contributed by atoms with E-state index in [0.29, 0.717) is 16.9 Å². The van der Waals surface area contributed by atoms with E-state index in [4.69, 9.17) is 9.47 Å². The number of urea groups is 1. The maximum Gasteiger partial charge on any atom is 0.317 e. The Morgan fingerprint density at radius 1 is 0.905 bits per heavy atom. The van der Waals surface area contributed by atoms with Gasteiger partial charge in [-0.3, -0.25) is 0 Å². The van der Waals surface area contributed by atoms with E-state index in [-0.39, 0.29) is 6.03 Å². The first-order valence-corrected chi connectivity index (χ1v) is 8.40. The van der Waals surface area contributed by atoms with Gasteiger partial charge in [-0.1, -0.05) is 0 Å². The number of rotatable bonds is 1. The lowest BCUT2D eigenvalue weighted by Crippen LogP contribution is -2.55. The Bertz CT molecular complexity index is 398. The molecule has 3 aliphatic heterocycles. The summed E-state index contributed by atoms with van der Waals surface area (Å²) in [5.41, 5.74) is 0.862. The molecule has 1 aliphatic carbocycles. The molecule has 118 valence electrons. The van der Waals surface area contributed by atoms with Gasteiger partial charge in [-0.2, -0.15) is 0 Å². The lowest BCUT2D eigenvalue weighted by molar-refractivity contribution is -0.136. The average molecular weight is 294 g/mol. The largest absolute Gasteiger partial charge is 0.380 e. The van der Waals surface area contributed by atoms with E-state index in [0.717, 1.165) is 65.2 Å². The number of likely N-dealkylation sites (tertiary alicyclic amines) is 1. The fraction of sp³-hybridized carbons (Fsp3) is 0.938. The summed E-state index contributed by atoms with van der Waals surface area (Å²) in [7, 11) is 0. The summed E-state index contributed by atoms with van der Waals surface area (Å²) >= 11 is 0. The quantitative estimate of drug-likeness (QED) is 0.802. The zero-order chi connectivity index (χ0) is 14.3. The summed E-state index contributed by atoms with van der Waals surface area (Å²) in [6.45, 7) is 5.44. The number of piperidine rings is 1. The summed E-state index contributed by atoms with van der Waals surface area (Å²) in [4.78, 5) is 14.4. The lowest BCUT2D eigenvalue weighted by atomic mass is 9.71. The van der Waals surface area contributed by atoms with Crippen molar-refractivity contribution in [2.24, 2.45) is 10.8 Å². The zero-order valence-electron chi connectivity index (χ0n) is 12.7. The number of carbonyl (C=O) groups is 1. The summed E-state index contributed by atoms with van der Waals surface area (Å²) < 4.78 is 10.7. The second-order valence-corrected chi connectivity index (χ2v) is 7.70. The number of nitrogens with one attached hydrogen (secondary N) is 1. The molecule has 4 fully saturated rings. The SMILES string of the molecule is O=C(NC1CCC2(CC1)COC2)N1CCC2(CC1)COC2. The van der Waals surface area contributed by atoms with Crippen molar-refractivity contribution in [3.8, 4) is 0 Å². The molecule has 21 heavy (non-hydrogen) atoms. The van der Waals surface area contributed by atoms with Crippen molar-refractivity contribution in [1.29, 1.82) is 0 Å². The van der Waals surface area contributed by atoms with Crippen LogP contribution in [-0.2, 0) is 9.47 Å². The monoisotopic (exact) mass is 294 g/mol.